The van der Waals surface area contributed by atoms with E-state index in [2.05, 4.69) is 22.1 Å². The maximum absolute atomic E-state index is 5.45. The molecule has 1 atom stereocenters. The summed E-state index contributed by atoms with van der Waals surface area (Å²) in [5.41, 5.74) is 3.96. The van der Waals surface area contributed by atoms with Crippen molar-refractivity contribution in [1.82, 2.24) is 9.97 Å². The fourth-order valence-electron chi connectivity index (χ4n) is 2.79. The van der Waals surface area contributed by atoms with Crippen LogP contribution in [0.4, 0.5) is 0 Å². The normalized spacial score (nSPS) is 18.8. The molecule has 1 heterocycles. The van der Waals surface area contributed by atoms with Gasteiger partial charge in [-0.1, -0.05) is 12.1 Å². The van der Waals surface area contributed by atoms with Gasteiger partial charge in [0.25, 0.3) is 0 Å². The Hall–Kier alpha value is -1.77. The number of H-pyrrole nitrogens is 1. The van der Waals surface area contributed by atoms with Crippen molar-refractivity contribution in [1.29, 1.82) is 0 Å². The summed E-state index contributed by atoms with van der Waals surface area (Å²) in [6.07, 6.45) is 7.19. The van der Waals surface area contributed by atoms with Crippen molar-refractivity contribution < 1.29 is 4.74 Å². The van der Waals surface area contributed by atoms with Crippen LogP contribution in [0.3, 0.4) is 0 Å². The zero-order chi connectivity index (χ0) is 11.7. The number of nitrogens with zero attached hydrogens (tertiary/aromatic N) is 1. The van der Waals surface area contributed by atoms with E-state index in [1.807, 2.05) is 12.3 Å². The van der Waals surface area contributed by atoms with Crippen molar-refractivity contribution in [3.63, 3.8) is 0 Å². The van der Waals surface area contributed by atoms with E-state index in [4.69, 9.17) is 4.74 Å². The molecule has 3 nitrogen and oxygen atoms in total. The molecule has 0 saturated carbocycles. The predicted octanol–water partition coefficient (Wildman–Crippen LogP) is 2.89. The molecule has 3 heteroatoms. The molecular weight excluding hydrogens is 212 g/mol. The second-order valence-corrected chi connectivity index (χ2v) is 4.48. The molecule has 1 aromatic heterocycles. The highest BCUT2D eigenvalue weighted by molar-refractivity contribution is 5.46. The molecule has 17 heavy (non-hydrogen) atoms. The largest absolute Gasteiger partial charge is 0.496 e. The fraction of sp³-hybridized carbons (Fsp3) is 0.357. The summed E-state index contributed by atoms with van der Waals surface area (Å²) in [5, 5.41) is 0. The lowest BCUT2D eigenvalue weighted by Gasteiger charge is -2.26. The van der Waals surface area contributed by atoms with Crippen LogP contribution in [0.1, 0.15) is 35.6 Å². The number of benzene rings is 1. The molecule has 0 bridgehead atoms. The van der Waals surface area contributed by atoms with Gasteiger partial charge < -0.3 is 9.72 Å². The van der Waals surface area contributed by atoms with Gasteiger partial charge in [0.2, 0.25) is 0 Å². The second kappa shape index (κ2) is 4.24. The first-order valence-electron chi connectivity index (χ1n) is 6.04. The molecule has 3 rings (SSSR count). The Bertz CT molecular complexity index is 505. The maximum Gasteiger partial charge on any atom is 0.122 e. The van der Waals surface area contributed by atoms with E-state index < -0.39 is 0 Å². The predicted molar refractivity (Wildman–Crippen MR) is 66.4 cm³/mol. The van der Waals surface area contributed by atoms with Gasteiger partial charge in [0.15, 0.2) is 0 Å². The molecule has 0 amide bonds. The number of aromatic amines is 1. The summed E-state index contributed by atoms with van der Waals surface area (Å²) in [7, 11) is 1.75. The van der Waals surface area contributed by atoms with Crippen LogP contribution in [0.15, 0.2) is 30.7 Å². The smallest absolute Gasteiger partial charge is 0.122 e. The van der Waals surface area contributed by atoms with E-state index in [9.17, 15) is 0 Å². The minimum Gasteiger partial charge on any atom is -0.496 e. The molecule has 2 aromatic rings. The van der Waals surface area contributed by atoms with Gasteiger partial charge in [-0.25, -0.2) is 4.98 Å². The zero-order valence-electron chi connectivity index (χ0n) is 9.94. The van der Waals surface area contributed by atoms with Crippen LogP contribution in [0.25, 0.3) is 0 Å². The van der Waals surface area contributed by atoms with Crippen LogP contribution in [-0.4, -0.2) is 17.1 Å². The molecule has 0 unspecified atom stereocenters. The number of aromatic nitrogens is 2. The van der Waals surface area contributed by atoms with E-state index in [-0.39, 0.29) is 0 Å². The number of imidazole rings is 1. The third-order valence-corrected chi connectivity index (χ3v) is 3.58. The van der Waals surface area contributed by atoms with Gasteiger partial charge in [-0.15, -0.1) is 0 Å². The average Bonchev–Trinajstić information content (AvgIpc) is 2.91. The molecule has 0 saturated heterocycles. The van der Waals surface area contributed by atoms with Crippen molar-refractivity contribution >= 4 is 0 Å². The van der Waals surface area contributed by atoms with Crippen molar-refractivity contribution in [3.05, 3.63) is 47.5 Å². The van der Waals surface area contributed by atoms with Crippen LogP contribution in [0, 0.1) is 0 Å². The number of hydrogen-bond donors (Lipinski definition) is 1. The summed E-state index contributed by atoms with van der Waals surface area (Å²) in [6, 6.07) is 6.34. The molecule has 0 spiro atoms. The SMILES string of the molecule is COc1cccc2c1CCC[C@H]2c1cnc[nH]1. The highest BCUT2D eigenvalue weighted by atomic mass is 16.5. The lowest BCUT2D eigenvalue weighted by molar-refractivity contribution is 0.404. The molecule has 1 aromatic carbocycles. The molecule has 1 aliphatic rings. The monoisotopic (exact) mass is 228 g/mol. The number of fused-ring (bicyclic) bond motifs is 1. The number of rotatable bonds is 2. The Morgan fingerprint density at radius 3 is 3.12 bits per heavy atom. The van der Waals surface area contributed by atoms with Gasteiger partial charge in [-0.3, -0.25) is 0 Å². The van der Waals surface area contributed by atoms with Crippen molar-refractivity contribution in [2.75, 3.05) is 7.11 Å². The first-order chi connectivity index (χ1) is 8.40. The average molecular weight is 228 g/mol. The summed E-state index contributed by atoms with van der Waals surface area (Å²) in [4.78, 5) is 7.36. The highest BCUT2D eigenvalue weighted by Crippen LogP contribution is 2.39. The van der Waals surface area contributed by atoms with Crippen LogP contribution < -0.4 is 4.74 Å². The first kappa shape index (κ1) is 10.4. The van der Waals surface area contributed by atoms with Crippen LogP contribution >= 0.6 is 0 Å². The molecule has 0 radical (unpaired) electrons. The maximum atomic E-state index is 5.45. The minimum absolute atomic E-state index is 0.441. The summed E-state index contributed by atoms with van der Waals surface area (Å²) in [6.45, 7) is 0. The van der Waals surface area contributed by atoms with Gasteiger partial charge in [-0.05, 0) is 36.5 Å². The Kier molecular flexibility index (Phi) is 2.59. The van der Waals surface area contributed by atoms with Gasteiger partial charge in [0, 0.05) is 17.8 Å². The van der Waals surface area contributed by atoms with E-state index in [1.54, 1.807) is 13.4 Å². The number of methoxy groups -OCH3 is 1. The highest BCUT2D eigenvalue weighted by Gasteiger charge is 2.24. The van der Waals surface area contributed by atoms with Gasteiger partial charge in [-0.2, -0.15) is 0 Å². The summed E-state index contributed by atoms with van der Waals surface area (Å²) >= 11 is 0. The Balaban J connectivity index is 2.08. The lowest BCUT2D eigenvalue weighted by atomic mass is 9.81. The molecule has 88 valence electrons. The summed E-state index contributed by atoms with van der Waals surface area (Å²) in [5.74, 6) is 1.46. The van der Waals surface area contributed by atoms with E-state index >= 15 is 0 Å². The standard InChI is InChI=1S/C14H16N2O/c1-17-14-7-3-4-10-11(5-2-6-12(10)14)13-8-15-9-16-13/h3-4,7-9,11H,2,5-6H2,1H3,(H,15,16)/t11-/m1/s1. The Morgan fingerprint density at radius 1 is 1.41 bits per heavy atom. The zero-order valence-corrected chi connectivity index (χ0v) is 9.94. The molecule has 0 fully saturated rings. The van der Waals surface area contributed by atoms with E-state index in [0.29, 0.717) is 5.92 Å². The van der Waals surface area contributed by atoms with Crippen LogP contribution in [0.2, 0.25) is 0 Å². The van der Waals surface area contributed by atoms with Crippen molar-refractivity contribution in [2.24, 2.45) is 0 Å². The van der Waals surface area contributed by atoms with E-state index in [1.165, 1.54) is 29.7 Å². The first-order valence-corrected chi connectivity index (χ1v) is 6.04. The molecule has 0 aliphatic heterocycles. The molecule has 1 aliphatic carbocycles. The summed E-state index contributed by atoms with van der Waals surface area (Å²) < 4.78 is 5.45. The number of ether oxygens (including phenoxy) is 1. The van der Waals surface area contributed by atoms with Gasteiger partial charge in [0.1, 0.15) is 5.75 Å². The quantitative estimate of drug-likeness (QED) is 0.858. The number of hydrogen-bond acceptors (Lipinski definition) is 2. The molecular formula is C14H16N2O. The van der Waals surface area contributed by atoms with Crippen LogP contribution in [-0.2, 0) is 6.42 Å². The lowest BCUT2D eigenvalue weighted by Crippen LogP contribution is -2.12. The third kappa shape index (κ3) is 1.71. The fourth-order valence-corrected chi connectivity index (χ4v) is 2.79. The van der Waals surface area contributed by atoms with Crippen molar-refractivity contribution in [3.8, 4) is 5.75 Å². The Morgan fingerprint density at radius 2 is 2.35 bits per heavy atom. The Labute approximate surface area is 101 Å². The van der Waals surface area contributed by atoms with Gasteiger partial charge in [0.05, 0.1) is 13.4 Å². The second-order valence-electron chi connectivity index (χ2n) is 4.48. The number of nitrogens with one attached hydrogen (secondary N) is 1. The third-order valence-electron chi connectivity index (χ3n) is 3.58. The van der Waals surface area contributed by atoms with Gasteiger partial charge >= 0.3 is 0 Å². The minimum atomic E-state index is 0.441. The topological polar surface area (TPSA) is 37.9 Å². The molecule has 1 N–H and O–H groups in total. The van der Waals surface area contributed by atoms with Crippen molar-refractivity contribution in [2.45, 2.75) is 25.2 Å². The van der Waals surface area contributed by atoms with Crippen LogP contribution in [0.5, 0.6) is 5.75 Å². The van der Waals surface area contributed by atoms with E-state index in [0.717, 1.165) is 12.2 Å².